The van der Waals surface area contributed by atoms with E-state index < -0.39 is 39.7 Å². The van der Waals surface area contributed by atoms with Crippen LogP contribution in [0.2, 0.25) is 0 Å². The molecule has 1 aliphatic heterocycles. The number of hydrogen-bond acceptors (Lipinski definition) is 5. The number of rotatable bonds is 7. The predicted molar refractivity (Wildman–Crippen MR) is 111 cm³/mol. The maximum absolute atomic E-state index is 13.5. The SMILES string of the molecule is CCC[C@H]1N(Cc2cnccc2C(F)(F)F)CCC[C@@]1(Oc1csc(C(F)(F)F)c1)C(=O)Cl. The van der Waals surface area contributed by atoms with Crippen molar-refractivity contribution in [3.8, 4) is 5.75 Å². The molecule has 2 aromatic heterocycles. The van der Waals surface area contributed by atoms with Crippen molar-refractivity contribution in [3.63, 3.8) is 0 Å². The molecule has 0 saturated carbocycles. The van der Waals surface area contributed by atoms with Crippen molar-refractivity contribution in [2.75, 3.05) is 6.54 Å². The Morgan fingerprint density at radius 1 is 1.30 bits per heavy atom. The minimum atomic E-state index is -4.59. The molecule has 1 aliphatic rings. The molecule has 3 rings (SSSR count). The zero-order valence-corrected chi connectivity index (χ0v) is 19.0. The third-order valence-electron chi connectivity index (χ3n) is 5.60. The molecule has 1 fully saturated rings. The van der Waals surface area contributed by atoms with E-state index in [1.807, 2.05) is 6.92 Å². The van der Waals surface area contributed by atoms with Crippen molar-refractivity contribution in [3.05, 3.63) is 45.9 Å². The van der Waals surface area contributed by atoms with Gasteiger partial charge in [-0.3, -0.25) is 14.7 Å². The Kier molecular flexibility index (Phi) is 7.65. The molecule has 0 aromatic carbocycles. The van der Waals surface area contributed by atoms with Gasteiger partial charge in [0, 0.05) is 30.4 Å². The molecule has 0 radical (unpaired) electrons. The summed E-state index contributed by atoms with van der Waals surface area (Å²) < 4.78 is 85.4. The number of likely N-dealkylation sites (tertiary alicyclic amines) is 1. The first-order valence-corrected chi connectivity index (χ1v) is 11.4. The summed E-state index contributed by atoms with van der Waals surface area (Å²) in [5.74, 6) is -0.151. The molecule has 182 valence electrons. The summed E-state index contributed by atoms with van der Waals surface area (Å²) in [6.45, 7) is 2.03. The van der Waals surface area contributed by atoms with Crippen LogP contribution in [0.5, 0.6) is 5.75 Å². The lowest BCUT2D eigenvalue weighted by molar-refractivity contribution is -0.142. The molecule has 2 atom stereocenters. The maximum Gasteiger partial charge on any atom is 0.425 e. The van der Waals surface area contributed by atoms with E-state index in [9.17, 15) is 31.1 Å². The molecule has 0 unspecified atom stereocenters. The molecule has 0 amide bonds. The number of nitrogens with zero attached hydrogens (tertiary/aromatic N) is 2. The van der Waals surface area contributed by atoms with Gasteiger partial charge in [0.2, 0.25) is 0 Å². The second-order valence-electron chi connectivity index (χ2n) is 7.82. The number of alkyl halides is 6. The van der Waals surface area contributed by atoms with Crippen LogP contribution in [0.1, 0.15) is 48.6 Å². The summed E-state index contributed by atoms with van der Waals surface area (Å²) in [5, 5.41) is 0.252. The summed E-state index contributed by atoms with van der Waals surface area (Å²) >= 11 is 6.39. The van der Waals surface area contributed by atoms with Gasteiger partial charge in [0.1, 0.15) is 10.6 Å². The van der Waals surface area contributed by atoms with Gasteiger partial charge in [-0.1, -0.05) is 13.3 Å². The topological polar surface area (TPSA) is 42.4 Å². The Morgan fingerprint density at radius 2 is 2.03 bits per heavy atom. The van der Waals surface area contributed by atoms with Crippen molar-refractivity contribution < 1.29 is 35.9 Å². The number of ether oxygens (including phenoxy) is 1. The maximum atomic E-state index is 13.5. The monoisotopic (exact) mass is 514 g/mol. The summed E-state index contributed by atoms with van der Waals surface area (Å²) in [6, 6.07) is 0.947. The van der Waals surface area contributed by atoms with Gasteiger partial charge in [0.25, 0.3) is 5.24 Å². The van der Waals surface area contributed by atoms with E-state index in [1.54, 1.807) is 4.90 Å². The summed E-state index contributed by atoms with van der Waals surface area (Å²) in [6.07, 6.45) is -5.60. The summed E-state index contributed by atoms with van der Waals surface area (Å²) in [7, 11) is 0. The summed E-state index contributed by atoms with van der Waals surface area (Å²) in [5.41, 5.74) is -2.60. The minimum absolute atomic E-state index is 0.0705. The van der Waals surface area contributed by atoms with E-state index in [4.69, 9.17) is 16.3 Å². The quantitative estimate of drug-likeness (QED) is 0.311. The largest absolute Gasteiger partial charge is 0.476 e. The Balaban J connectivity index is 1.96. The van der Waals surface area contributed by atoms with Gasteiger partial charge in [-0.15, -0.1) is 11.3 Å². The number of piperidine rings is 1. The normalized spacial score (nSPS) is 22.4. The van der Waals surface area contributed by atoms with Gasteiger partial charge in [-0.2, -0.15) is 26.3 Å². The number of halogens is 7. The van der Waals surface area contributed by atoms with Crippen molar-refractivity contribution in [2.24, 2.45) is 0 Å². The lowest BCUT2D eigenvalue weighted by atomic mass is 9.82. The Bertz CT molecular complexity index is 980. The van der Waals surface area contributed by atoms with Crippen LogP contribution < -0.4 is 4.74 Å². The van der Waals surface area contributed by atoms with Gasteiger partial charge >= 0.3 is 12.4 Å². The van der Waals surface area contributed by atoms with E-state index >= 15 is 0 Å². The number of thiophene rings is 1. The molecule has 1 saturated heterocycles. The minimum Gasteiger partial charge on any atom is -0.476 e. The molecule has 0 spiro atoms. The number of hydrogen-bond donors (Lipinski definition) is 0. The highest BCUT2D eigenvalue weighted by Gasteiger charge is 2.52. The lowest BCUT2D eigenvalue weighted by Crippen LogP contribution is -2.62. The fraction of sp³-hybridized carbons (Fsp3) is 0.524. The second kappa shape index (κ2) is 9.79. The van der Waals surface area contributed by atoms with Crippen LogP contribution in [0.25, 0.3) is 0 Å². The molecule has 3 heterocycles. The molecular weight excluding hydrogens is 494 g/mol. The third-order valence-corrected chi connectivity index (χ3v) is 6.88. The summed E-state index contributed by atoms with van der Waals surface area (Å²) in [4.78, 5) is 17.2. The first-order valence-electron chi connectivity index (χ1n) is 10.2. The Hall–Kier alpha value is -1.85. The molecule has 2 aromatic rings. The smallest absolute Gasteiger partial charge is 0.425 e. The highest BCUT2D eigenvalue weighted by molar-refractivity contribution is 7.10. The van der Waals surface area contributed by atoms with Crippen LogP contribution in [0.4, 0.5) is 26.3 Å². The molecule has 12 heteroatoms. The van der Waals surface area contributed by atoms with Crippen LogP contribution in [0.15, 0.2) is 29.9 Å². The van der Waals surface area contributed by atoms with E-state index in [0.717, 1.165) is 29.9 Å². The van der Waals surface area contributed by atoms with E-state index in [0.29, 0.717) is 37.1 Å². The van der Waals surface area contributed by atoms with E-state index in [2.05, 4.69) is 4.98 Å². The lowest BCUT2D eigenvalue weighted by Gasteiger charge is -2.47. The third kappa shape index (κ3) is 5.63. The highest BCUT2D eigenvalue weighted by atomic mass is 35.5. The number of aromatic nitrogens is 1. The van der Waals surface area contributed by atoms with Crippen LogP contribution in [-0.4, -0.2) is 33.3 Å². The Labute approximate surface area is 195 Å². The number of carbonyl (C=O) groups is 1. The van der Waals surface area contributed by atoms with Crippen molar-refractivity contribution in [2.45, 2.75) is 63.1 Å². The standard InChI is InChI=1S/C21H21ClF6N2O2S/c1-2-4-16-19(18(22)31,32-14-9-17(33-12-14)21(26,27)28)6-3-8-30(16)11-13-10-29-7-5-15(13)20(23,24)25/h5,7,9-10,12,16H,2-4,6,8,11H2,1H3/t16-,19+/m1/s1. The van der Waals surface area contributed by atoms with E-state index in [-0.39, 0.29) is 24.3 Å². The zero-order valence-electron chi connectivity index (χ0n) is 17.5. The van der Waals surface area contributed by atoms with Crippen molar-refractivity contribution in [1.82, 2.24) is 9.88 Å². The first-order chi connectivity index (χ1) is 15.4. The van der Waals surface area contributed by atoms with Gasteiger partial charge in [0.15, 0.2) is 5.60 Å². The molecule has 0 aliphatic carbocycles. The van der Waals surface area contributed by atoms with Gasteiger partial charge in [0.05, 0.1) is 11.6 Å². The number of carbonyl (C=O) groups excluding carboxylic acids is 1. The predicted octanol–water partition coefficient (Wildman–Crippen LogP) is 6.53. The van der Waals surface area contributed by atoms with Gasteiger partial charge in [-0.25, -0.2) is 0 Å². The van der Waals surface area contributed by atoms with Crippen LogP contribution >= 0.6 is 22.9 Å². The number of pyridine rings is 1. The molecule has 4 nitrogen and oxygen atoms in total. The molecular formula is C21H21ClF6N2O2S. The first kappa shape index (κ1) is 25.8. The average Bonchev–Trinajstić information content (AvgIpc) is 3.19. The fourth-order valence-electron chi connectivity index (χ4n) is 4.21. The van der Waals surface area contributed by atoms with Crippen molar-refractivity contribution >= 4 is 28.2 Å². The van der Waals surface area contributed by atoms with E-state index in [1.165, 1.54) is 0 Å². The molecule has 0 bridgehead atoms. The van der Waals surface area contributed by atoms with Crippen LogP contribution in [0, 0.1) is 0 Å². The fourth-order valence-corrected chi connectivity index (χ4v) is 5.14. The van der Waals surface area contributed by atoms with Crippen LogP contribution in [-0.2, 0) is 23.7 Å². The molecule has 33 heavy (non-hydrogen) atoms. The zero-order chi connectivity index (χ0) is 24.4. The van der Waals surface area contributed by atoms with Gasteiger partial charge < -0.3 is 4.74 Å². The average molecular weight is 515 g/mol. The Morgan fingerprint density at radius 3 is 2.61 bits per heavy atom. The van der Waals surface area contributed by atoms with Crippen LogP contribution in [0.3, 0.4) is 0 Å². The van der Waals surface area contributed by atoms with Gasteiger partial charge in [-0.05, 0) is 49.0 Å². The highest BCUT2D eigenvalue weighted by Crippen LogP contribution is 2.42. The second-order valence-corrected chi connectivity index (χ2v) is 9.07. The van der Waals surface area contributed by atoms with Crippen molar-refractivity contribution in [1.29, 1.82) is 0 Å². The molecule has 0 N–H and O–H groups in total.